The van der Waals surface area contributed by atoms with Gasteiger partial charge in [-0.05, 0) is 31.8 Å². The van der Waals surface area contributed by atoms with Gasteiger partial charge in [-0.15, -0.1) is 0 Å². The molecule has 1 aliphatic rings. The number of hydrogen-bond donors (Lipinski definition) is 2. The summed E-state index contributed by atoms with van der Waals surface area (Å²) in [5.41, 5.74) is 0. The lowest BCUT2D eigenvalue weighted by Crippen LogP contribution is -2.30. The minimum atomic E-state index is 0.0734. The second-order valence-corrected chi connectivity index (χ2v) is 3.99. The van der Waals surface area contributed by atoms with E-state index in [1.54, 1.807) is 0 Å². The van der Waals surface area contributed by atoms with Crippen LogP contribution in [0.4, 0.5) is 0 Å². The minimum Gasteiger partial charge on any atom is -0.396 e. The Balaban J connectivity index is 1.86. The molecule has 1 atom stereocenters. The SMILES string of the molecule is OCCc1noc(CC2CCCNC2)n1. The van der Waals surface area contributed by atoms with Crippen LogP contribution in [-0.2, 0) is 12.8 Å². The van der Waals surface area contributed by atoms with E-state index in [0.717, 1.165) is 19.5 Å². The molecule has 0 saturated carbocycles. The molecule has 1 unspecified atom stereocenters. The fourth-order valence-electron chi connectivity index (χ4n) is 1.92. The summed E-state index contributed by atoms with van der Waals surface area (Å²) in [7, 11) is 0. The van der Waals surface area contributed by atoms with Crippen LogP contribution in [-0.4, -0.2) is 34.9 Å². The molecule has 5 heteroatoms. The standard InChI is InChI=1S/C10H17N3O2/c14-5-3-9-12-10(15-13-9)6-8-2-1-4-11-7-8/h8,11,14H,1-7H2. The van der Waals surface area contributed by atoms with Crippen LogP contribution >= 0.6 is 0 Å². The molecule has 0 spiro atoms. The molecule has 1 saturated heterocycles. The van der Waals surface area contributed by atoms with E-state index in [4.69, 9.17) is 9.63 Å². The summed E-state index contributed by atoms with van der Waals surface area (Å²) in [6.45, 7) is 2.23. The number of nitrogens with one attached hydrogen (secondary N) is 1. The molecule has 1 aromatic heterocycles. The van der Waals surface area contributed by atoms with Gasteiger partial charge in [0.15, 0.2) is 5.82 Å². The van der Waals surface area contributed by atoms with Crippen LogP contribution in [0.3, 0.4) is 0 Å². The lowest BCUT2D eigenvalue weighted by molar-refractivity contribution is 0.290. The number of rotatable bonds is 4. The van der Waals surface area contributed by atoms with Crippen molar-refractivity contribution < 1.29 is 9.63 Å². The molecule has 0 radical (unpaired) electrons. The molecule has 0 aliphatic carbocycles. The van der Waals surface area contributed by atoms with E-state index >= 15 is 0 Å². The van der Waals surface area contributed by atoms with Crippen LogP contribution < -0.4 is 5.32 Å². The third kappa shape index (κ3) is 3.00. The fraction of sp³-hybridized carbons (Fsp3) is 0.800. The highest BCUT2D eigenvalue weighted by molar-refractivity contribution is 4.89. The summed E-state index contributed by atoms with van der Waals surface area (Å²) in [6.07, 6.45) is 3.78. The van der Waals surface area contributed by atoms with Crippen LogP contribution in [0.15, 0.2) is 4.52 Å². The van der Waals surface area contributed by atoms with Crippen LogP contribution in [0.5, 0.6) is 0 Å². The van der Waals surface area contributed by atoms with E-state index in [9.17, 15) is 0 Å². The Labute approximate surface area is 88.9 Å². The maximum absolute atomic E-state index is 8.72. The Hall–Kier alpha value is -0.940. The summed E-state index contributed by atoms with van der Waals surface area (Å²) in [4.78, 5) is 4.23. The molecule has 1 aliphatic heterocycles. The highest BCUT2D eigenvalue weighted by atomic mass is 16.5. The van der Waals surface area contributed by atoms with Crippen molar-refractivity contribution in [3.05, 3.63) is 11.7 Å². The molecule has 0 aromatic carbocycles. The van der Waals surface area contributed by atoms with Crippen LogP contribution in [0.2, 0.25) is 0 Å². The summed E-state index contributed by atoms with van der Waals surface area (Å²) in [5, 5.41) is 15.9. The fourth-order valence-corrected chi connectivity index (χ4v) is 1.92. The average Bonchev–Trinajstić information content (AvgIpc) is 2.68. The largest absolute Gasteiger partial charge is 0.396 e. The Kier molecular flexibility index (Phi) is 3.69. The van der Waals surface area contributed by atoms with Gasteiger partial charge in [0.05, 0.1) is 6.61 Å². The maximum Gasteiger partial charge on any atom is 0.226 e. The molecule has 5 nitrogen and oxygen atoms in total. The van der Waals surface area contributed by atoms with E-state index in [2.05, 4.69) is 15.5 Å². The van der Waals surface area contributed by atoms with Crippen molar-refractivity contribution in [1.82, 2.24) is 15.5 Å². The molecule has 1 fully saturated rings. The first-order chi connectivity index (χ1) is 7.38. The molecule has 84 valence electrons. The van der Waals surface area contributed by atoms with Gasteiger partial charge in [-0.25, -0.2) is 0 Å². The van der Waals surface area contributed by atoms with Gasteiger partial charge in [0.25, 0.3) is 0 Å². The highest BCUT2D eigenvalue weighted by Gasteiger charge is 2.16. The highest BCUT2D eigenvalue weighted by Crippen LogP contribution is 2.15. The molecule has 2 N–H and O–H groups in total. The van der Waals surface area contributed by atoms with Crippen molar-refractivity contribution >= 4 is 0 Å². The van der Waals surface area contributed by atoms with Crippen molar-refractivity contribution in [2.45, 2.75) is 25.7 Å². The van der Waals surface area contributed by atoms with Crippen LogP contribution in [0.1, 0.15) is 24.6 Å². The molecule has 0 bridgehead atoms. The summed E-state index contributed by atoms with van der Waals surface area (Å²) in [5.74, 6) is 1.92. The number of aliphatic hydroxyl groups is 1. The van der Waals surface area contributed by atoms with Crippen molar-refractivity contribution in [2.75, 3.05) is 19.7 Å². The first-order valence-corrected chi connectivity index (χ1v) is 5.51. The monoisotopic (exact) mass is 211 g/mol. The van der Waals surface area contributed by atoms with Gasteiger partial charge in [0, 0.05) is 12.8 Å². The lowest BCUT2D eigenvalue weighted by Gasteiger charge is -2.20. The minimum absolute atomic E-state index is 0.0734. The van der Waals surface area contributed by atoms with Gasteiger partial charge in [0.2, 0.25) is 5.89 Å². The van der Waals surface area contributed by atoms with Crippen LogP contribution in [0.25, 0.3) is 0 Å². The normalized spacial score (nSPS) is 21.8. The van der Waals surface area contributed by atoms with Crippen molar-refractivity contribution in [1.29, 1.82) is 0 Å². The van der Waals surface area contributed by atoms with Gasteiger partial charge < -0.3 is 14.9 Å². The van der Waals surface area contributed by atoms with E-state index in [1.807, 2.05) is 0 Å². The zero-order chi connectivity index (χ0) is 10.5. The topological polar surface area (TPSA) is 71.2 Å². The third-order valence-corrected chi connectivity index (χ3v) is 2.71. The number of piperidine rings is 1. The van der Waals surface area contributed by atoms with Gasteiger partial charge in [0.1, 0.15) is 0 Å². The zero-order valence-corrected chi connectivity index (χ0v) is 8.78. The first-order valence-electron chi connectivity index (χ1n) is 5.51. The Morgan fingerprint density at radius 3 is 3.20 bits per heavy atom. The summed E-state index contributed by atoms with van der Waals surface area (Å²) in [6, 6.07) is 0. The molecule has 2 heterocycles. The van der Waals surface area contributed by atoms with Crippen molar-refractivity contribution in [2.24, 2.45) is 5.92 Å². The maximum atomic E-state index is 8.72. The molecule has 15 heavy (non-hydrogen) atoms. The summed E-state index contributed by atoms with van der Waals surface area (Å²) >= 11 is 0. The van der Waals surface area contributed by atoms with E-state index in [0.29, 0.717) is 24.1 Å². The molecule has 2 rings (SSSR count). The van der Waals surface area contributed by atoms with E-state index < -0.39 is 0 Å². The number of aliphatic hydroxyl groups excluding tert-OH is 1. The Bertz CT molecular complexity index is 295. The van der Waals surface area contributed by atoms with Gasteiger partial charge in [-0.3, -0.25) is 0 Å². The number of hydrogen-bond acceptors (Lipinski definition) is 5. The van der Waals surface area contributed by atoms with Crippen LogP contribution in [0, 0.1) is 5.92 Å². The van der Waals surface area contributed by atoms with E-state index in [1.165, 1.54) is 12.8 Å². The Morgan fingerprint density at radius 1 is 1.53 bits per heavy atom. The zero-order valence-electron chi connectivity index (χ0n) is 8.78. The number of aromatic nitrogens is 2. The molecule has 0 amide bonds. The van der Waals surface area contributed by atoms with Crippen molar-refractivity contribution in [3.63, 3.8) is 0 Å². The smallest absolute Gasteiger partial charge is 0.226 e. The quantitative estimate of drug-likeness (QED) is 0.741. The third-order valence-electron chi connectivity index (χ3n) is 2.71. The molecular formula is C10H17N3O2. The average molecular weight is 211 g/mol. The lowest BCUT2D eigenvalue weighted by atomic mass is 9.96. The van der Waals surface area contributed by atoms with Gasteiger partial charge in [-0.1, -0.05) is 5.16 Å². The first kappa shape index (κ1) is 10.6. The second kappa shape index (κ2) is 5.23. The molecule has 1 aromatic rings. The summed E-state index contributed by atoms with van der Waals surface area (Å²) < 4.78 is 5.12. The predicted octanol–water partition coefficient (Wildman–Crippen LogP) is 0.146. The molecular weight excluding hydrogens is 194 g/mol. The van der Waals surface area contributed by atoms with Crippen molar-refractivity contribution in [3.8, 4) is 0 Å². The second-order valence-electron chi connectivity index (χ2n) is 3.99. The van der Waals surface area contributed by atoms with Gasteiger partial charge >= 0.3 is 0 Å². The Morgan fingerprint density at radius 2 is 2.47 bits per heavy atom. The predicted molar refractivity (Wildman–Crippen MR) is 54.4 cm³/mol. The number of nitrogens with zero attached hydrogens (tertiary/aromatic N) is 2. The van der Waals surface area contributed by atoms with Gasteiger partial charge in [-0.2, -0.15) is 4.98 Å². The van der Waals surface area contributed by atoms with E-state index in [-0.39, 0.29) is 6.61 Å².